The fraction of sp³-hybridized carbons (Fsp3) is 0.438. The van der Waals surface area contributed by atoms with Crippen LogP contribution in [0.2, 0.25) is 0 Å². The van der Waals surface area contributed by atoms with Crippen LogP contribution in [0.15, 0.2) is 28.7 Å². The molecule has 1 N–H and O–H groups in total. The number of carbonyl (C=O) groups is 1. The van der Waals surface area contributed by atoms with Gasteiger partial charge in [0.15, 0.2) is 0 Å². The minimum atomic E-state index is -0.929. The fourth-order valence-electron chi connectivity index (χ4n) is 2.95. The molecule has 0 unspecified atom stereocenters. The molecular formula is C16H19NO4. The number of rotatable bonds is 4. The van der Waals surface area contributed by atoms with Crippen molar-refractivity contribution >= 4 is 16.9 Å². The van der Waals surface area contributed by atoms with Gasteiger partial charge in [-0.3, -0.25) is 4.90 Å². The monoisotopic (exact) mass is 289 g/mol. The first kappa shape index (κ1) is 14.1. The van der Waals surface area contributed by atoms with Gasteiger partial charge in [0.1, 0.15) is 16.9 Å². The van der Waals surface area contributed by atoms with E-state index < -0.39 is 5.97 Å². The van der Waals surface area contributed by atoms with Crippen LogP contribution in [0, 0.1) is 0 Å². The highest BCUT2D eigenvalue weighted by atomic mass is 16.5. The molecule has 0 atom stereocenters. The smallest absolute Gasteiger partial charge is 0.339 e. The molecule has 1 aliphatic rings. The molecule has 0 radical (unpaired) electrons. The first-order valence-electron chi connectivity index (χ1n) is 7.18. The summed E-state index contributed by atoms with van der Waals surface area (Å²) in [5.74, 6) is -0.388. The second kappa shape index (κ2) is 5.87. The van der Waals surface area contributed by atoms with E-state index in [4.69, 9.17) is 9.15 Å². The number of nitrogens with zero attached hydrogens (tertiary/aromatic N) is 1. The van der Waals surface area contributed by atoms with E-state index in [9.17, 15) is 9.90 Å². The van der Waals surface area contributed by atoms with Gasteiger partial charge in [-0.1, -0.05) is 18.2 Å². The lowest BCUT2D eigenvalue weighted by Gasteiger charge is -2.30. The first-order valence-corrected chi connectivity index (χ1v) is 7.18. The summed E-state index contributed by atoms with van der Waals surface area (Å²) in [6.07, 6.45) is 2.26. The van der Waals surface area contributed by atoms with Gasteiger partial charge in [-0.15, -0.1) is 0 Å². The number of furan rings is 1. The van der Waals surface area contributed by atoms with Gasteiger partial charge in [-0.25, -0.2) is 4.79 Å². The van der Waals surface area contributed by atoms with Gasteiger partial charge in [-0.2, -0.15) is 0 Å². The van der Waals surface area contributed by atoms with Crippen molar-refractivity contribution in [1.29, 1.82) is 0 Å². The Balaban J connectivity index is 1.84. The van der Waals surface area contributed by atoms with Crippen LogP contribution in [-0.4, -0.2) is 42.3 Å². The number of hydrogen-bond donors (Lipinski definition) is 1. The Morgan fingerprint density at radius 1 is 1.38 bits per heavy atom. The number of methoxy groups -OCH3 is 1. The van der Waals surface area contributed by atoms with E-state index in [1.54, 1.807) is 13.2 Å². The first-order chi connectivity index (χ1) is 10.2. The van der Waals surface area contributed by atoms with Crippen LogP contribution in [0.3, 0.4) is 0 Å². The third-order valence-electron chi connectivity index (χ3n) is 4.12. The van der Waals surface area contributed by atoms with Crippen LogP contribution in [-0.2, 0) is 11.3 Å². The maximum Gasteiger partial charge on any atom is 0.339 e. The van der Waals surface area contributed by atoms with Crippen molar-refractivity contribution in [1.82, 2.24) is 4.90 Å². The molecule has 0 amide bonds. The molecule has 112 valence electrons. The van der Waals surface area contributed by atoms with Crippen molar-refractivity contribution in [3.8, 4) is 0 Å². The Hall–Kier alpha value is -1.85. The largest absolute Gasteiger partial charge is 0.478 e. The molecule has 3 rings (SSSR count). The summed E-state index contributed by atoms with van der Waals surface area (Å²) in [4.78, 5) is 13.8. The normalized spacial score (nSPS) is 17.4. The van der Waals surface area contributed by atoms with Crippen molar-refractivity contribution in [2.75, 3.05) is 20.2 Å². The van der Waals surface area contributed by atoms with Crippen molar-refractivity contribution in [2.24, 2.45) is 0 Å². The number of piperidine rings is 1. The number of aromatic carboxylic acids is 1. The summed E-state index contributed by atoms with van der Waals surface area (Å²) in [6.45, 7) is 2.33. The average molecular weight is 289 g/mol. The van der Waals surface area contributed by atoms with Crippen LogP contribution in [0.25, 0.3) is 11.0 Å². The number of para-hydroxylation sites is 1. The summed E-state index contributed by atoms with van der Waals surface area (Å²) >= 11 is 0. The van der Waals surface area contributed by atoms with E-state index in [-0.39, 0.29) is 0 Å². The van der Waals surface area contributed by atoms with Crippen LogP contribution in [0.5, 0.6) is 0 Å². The summed E-state index contributed by atoms with van der Waals surface area (Å²) in [5, 5.41) is 10.1. The molecule has 1 saturated heterocycles. The summed E-state index contributed by atoms with van der Waals surface area (Å²) < 4.78 is 11.1. The van der Waals surface area contributed by atoms with Crippen molar-refractivity contribution in [2.45, 2.75) is 25.5 Å². The third kappa shape index (κ3) is 2.80. The lowest BCUT2D eigenvalue weighted by Crippen LogP contribution is -2.36. The topological polar surface area (TPSA) is 62.9 Å². The Morgan fingerprint density at radius 3 is 2.76 bits per heavy atom. The molecule has 1 aliphatic heterocycles. The van der Waals surface area contributed by atoms with Crippen molar-refractivity contribution in [3.05, 3.63) is 35.6 Å². The zero-order valence-electron chi connectivity index (χ0n) is 12.0. The van der Waals surface area contributed by atoms with Crippen molar-refractivity contribution in [3.63, 3.8) is 0 Å². The molecule has 5 nitrogen and oxygen atoms in total. The fourth-order valence-corrected chi connectivity index (χ4v) is 2.95. The second-order valence-corrected chi connectivity index (χ2v) is 5.41. The molecule has 2 aromatic rings. The van der Waals surface area contributed by atoms with Crippen LogP contribution in [0.4, 0.5) is 0 Å². The van der Waals surface area contributed by atoms with E-state index in [1.165, 1.54) is 0 Å². The number of carboxylic acids is 1. The molecule has 0 bridgehead atoms. The lowest BCUT2D eigenvalue weighted by atomic mass is 10.1. The highest BCUT2D eigenvalue weighted by Crippen LogP contribution is 2.27. The van der Waals surface area contributed by atoms with Gasteiger partial charge < -0.3 is 14.3 Å². The molecule has 0 aliphatic carbocycles. The van der Waals surface area contributed by atoms with E-state index >= 15 is 0 Å². The minimum Gasteiger partial charge on any atom is -0.478 e. The summed E-state index contributed by atoms with van der Waals surface area (Å²) in [5.41, 5.74) is 0.927. The van der Waals surface area contributed by atoms with Gasteiger partial charge in [0.2, 0.25) is 0 Å². The number of benzene rings is 1. The van der Waals surface area contributed by atoms with Gasteiger partial charge in [0.05, 0.1) is 12.6 Å². The predicted molar refractivity (Wildman–Crippen MR) is 78.5 cm³/mol. The van der Waals surface area contributed by atoms with Crippen LogP contribution >= 0.6 is 0 Å². The molecular weight excluding hydrogens is 270 g/mol. The maximum absolute atomic E-state index is 11.5. The van der Waals surface area contributed by atoms with E-state index in [1.807, 2.05) is 18.2 Å². The molecule has 1 aromatic heterocycles. The maximum atomic E-state index is 11.5. The quantitative estimate of drug-likeness (QED) is 0.937. The zero-order valence-corrected chi connectivity index (χ0v) is 12.0. The molecule has 1 aromatic carbocycles. The summed E-state index contributed by atoms with van der Waals surface area (Å²) in [7, 11) is 1.74. The highest BCUT2D eigenvalue weighted by molar-refractivity contribution is 6.03. The number of likely N-dealkylation sites (tertiary alicyclic amines) is 1. The predicted octanol–water partition coefficient (Wildman–Crippen LogP) is 2.74. The van der Waals surface area contributed by atoms with Crippen LogP contribution < -0.4 is 0 Å². The SMILES string of the molecule is COC1CCN(Cc2oc3ccccc3c2C(=O)O)CC1. The Morgan fingerprint density at radius 2 is 2.10 bits per heavy atom. The Bertz CT molecular complexity index is 641. The Labute approximate surface area is 123 Å². The van der Waals surface area contributed by atoms with E-state index in [0.717, 1.165) is 25.9 Å². The number of fused-ring (bicyclic) bond motifs is 1. The van der Waals surface area contributed by atoms with E-state index in [2.05, 4.69) is 4.90 Å². The second-order valence-electron chi connectivity index (χ2n) is 5.41. The number of ether oxygens (including phenoxy) is 1. The Kier molecular flexibility index (Phi) is 3.94. The lowest BCUT2D eigenvalue weighted by molar-refractivity contribution is 0.0368. The minimum absolute atomic E-state index is 0.291. The zero-order chi connectivity index (χ0) is 14.8. The molecule has 5 heteroatoms. The van der Waals surface area contributed by atoms with E-state index in [0.29, 0.717) is 34.9 Å². The van der Waals surface area contributed by atoms with Gasteiger partial charge in [0, 0.05) is 25.6 Å². The average Bonchev–Trinajstić information content (AvgIpc) is 2.86. The van der Waals surface area contributed by atoms with Crippen molar-refractivity contribution < 1.29 is 19.1 Å². The highest BCUT2D eigenvalue weighted by Gasteiger charge is 2.24. The van der Waals surface area contributed by atoms with Crippen LogP contribution in [0.1, 0.15) is 29.0 Å². The molecule has 0 spiro atoms. The molecule has 0 saturated carbocycles. The third-order valence-corrected chi connectivity index (χ3v) is 4.12. The molecule has 1 fully saturated rings. The summed E-state index contributed by atoms with van der Waals surface area (Å²) in [6, 6.07) is 7.29. The van der Waals surface area contributed by atoms with Gasteiger partial charge >= 0.3 is 5.97 Å². The standard InChI is InChI=1S/C16H19NO4/c1-20-11-6-8-17(9-7-11)10-14-15(16(18)19)12-4-2-3-5-13(12)21-14/h2-5,11H,6-10H2,1H3,(H,18,19). The van der Waals surface area contributed by atoms with Gasteiger partial charge in [-0.05, 0) is 18.9 Å². The number of carboxylic acid groups (broad SMARTS) is 1. The molecule has 21 heavy (non-hydrogen) atoms. The number of hydrogen-bond acceptors (Lipinski definition) is 4. The molecule has 2 heterocycles. The van der Waals surface area contributed by atoms with Gasteiger partial charge in [0.25, 0.3) is 0 Å².